The molecular formula is C26H25NO4. The Morgan fingerprint density at radius 1 is 1.03 bits per heavy atom. The van der Waals surface area contributed by atoms with E-state index in [0.717, 1.165) is 16.3 Å². The molecule has 1 aliphatic heterocycles. The zero-order valence-corrected chi connectivity index (χ0v) is 17.8. The zero-order chi connectivity index (χ0) is 22.1. The summed E-state index contributed by atoms with van der Waals surface area (Å²) in [6.07, 6.45) is 0.254. The van der Waals surface area contributed by atoms with Gasteiger partial charge in [0.1, 0.15) is 5.75 Å². The minimum atomic E-state index is -0.710. The van der Waals surface area contributed by atoms with E-state index in [1.165, 1.54) is 4.90 Å². The first kappa shape index (κ1) is 20.7. The van der Waals surface area contributed by atoms with Gasteiger partial charge in [0.2, 0.25) is 0 Å². The number of carbonyl (C=O) groups excluding carboxylic acids is 2. The quantitative estimate of drug-likeness (QED) is 0.588. The molecule has 0 bridgehead atoms. The number of ketones is 1. The Kier molecular flexibility index (Phi) is 5.51. The van der Waals surface area contributed by atoms with Crippen LogP contribution in [0, 0.1) is 5.92 Å². The van der Waals surface area contributed by atoms with Crippen LogP contribution in [0.3, 0.4) is 0 Å². The molecule has 0 aliphatic carbocycles. The number of ether oxygens (including phenoxy) is 1. The fraction of sp³-hybridized carbons (Fsp3) is 0.231. The first-order valence-corrected chi connectivity index (χ1v) is 10.3. The summed E-state index contributed by atoms with van der Waals surface area (Å²) in [4.78, 5) is 27.9. The molecule has 1 heterocycles. The fourth-order valence-corrected chi connectivity index (χ4v) is 4.16. The molecule has 1 aliphatic rings. The SMILES string of the molecule is COc1ccc(N2C(=O)C(O)=C(C(=O)CC(C)C)C2c2cccc3ccccc23)cc1. The maximum atomic E-state index is 13.2. The van der Waals surface area contributed by atoms with Gasteiger partial charge in [-0.05, 0) is 46.5 Å². The molecule has 1 atom stereocenters. The van der Waals surface area contributed by atoms with E-state index in [1.807, 2.05) is 56.3 Å². The number of rotatable bonds is 6. The van der Waals surface area contributed by atoms with E-state index in [4.69, 9.17) is 4.74 Å². The van der Waals surface area contributed by atoms with Gasteiger partial charge in [0, 0.05) is 12.1 Å². The number of carbonyl (C=O) groups is 2. The van der Waals surface area contributed by atoms with Crippen molar-refractivity contribution in [2.45, 2.75) is 26.3 Å². The smallest absolute Gasteiger partial charge is 0.294 e. The van der Waals surface area contributed by atoms with Crippen molar-refractivity contribution in [1.82, 2.24) is 0 Å². The van der Waals surface area contributed by atoms with Gasteiger partial charge in [-0.15, -0.1) is 0 Å². The van der Waals surface area contributed by atoms with Crippen LogP contribution >= 0.6 is 0 Å². The summed E-state index contributed by atoms with van der Waals surface area (Å²) in [5.41, 5.74) is 1.55. The molecule has 5 nitrogen and oxygen atoms in total. The van der Waals surface area contributed by atoms with Crippen molar-refractivity contribution in [1.29, 1.82) is 0 Å². The van der Waals surface area contributed by atoms with Crippen molar-refractivity contribution >= 4 is 28.2 Å². The molecule has 1 N–H and O–H groups in total. The number of aliphatic hydroxyl groups excluding tert-OH is 1. The third kappa shape index (κ3) is 3.67. The Morgan fingerprint density at radius 3 is 2.39 bits per heavy atom. The second kappa shape index (κ2) is 8.26. The van der Waals surface area contributed by atoms with Gasteiger partial charge in [0.25, 0.3) is 5.91 Å². The van der Waals surface area contributed by atoms with Gasteiger partial charge >= 0.3 is 0 Å². The molecule has 0 saturated heterocycles. The number of anilines is 1. The van der Waals surface area contributed by atoms with Gasteiger partial charge in [0.15, 0.2) is 11.5 Å². The lowest BCUT2D eigenvalue weighted by Gasteiger charge is -2.28. The second-order valence-electron chi connectivity index (χ2n) is 8.13. The first-order chi connectivity index (χ1) is 14.9. The number of amides is 1. The van der Waals surface area contributed by atoms with Crippen LogP contribution in [0.4, 0.5) is 5.69 Å². The standard InChI is InChI=1S/C26H25NO4/c1-16(2)15-22(28)23-24(21-10-6-8-17-7-4-5-9-20(17)21)27(26(30)25(23)29)18-11-13-19(31-3)14-12-18/h4-14,16,24,29H,15H2,1-3H3. The van der Waals surface area contributed by atoms with E-state index in [1.54, 1.807) is 31.4 Å². The van der Waals surface area contributed by atoms with Crippen molar-refractivity contribution in [3.8, 4) is 5.75 Å². The van der Waals surface area contributed by atoms with E-state index in [9.17, 15) is 14.7 Å². The highest BCUT2D eigenvalue weighted by Gasteiger charge is 2.44. The summed E-state index contributed by atoms with van der Waals surface area (Å²) < 4.78 is 5.23. The third-order valence-electron chi connectivity index (χ3n) is 5.57. The molecule has 1 unspecified atom stereocenters. The number of nitrogens with zero attached hydrogens (tertiary/aromatic N) is 1. The van der Waals surface area contributed by atoms with E-state index >= 15 is 0 Å². The van der Waals surface area contributed by atoms with Crippen LogP contribution < -0.4 is 9.64 Å². The summed E-state index contributed by atoms with van der Waals surface area (Å²) in [5, 5.41) is 12.8. The molecule has 0 spiro atoms. The van der Waals surface area contributed by atoms with Crippen LogP contribution in [0.2, 0.25) is 0 Å². The number of hydrogen-bond donors (Lipinski definition) is 1. The second-order valence-corrected chi connectivity index (χ2v) is 8.13. The van der Waals surface area contributed by atoms with Crippen molar-refractivity contribution in [2.75, 3.05) is 12.0 Å². The van der Waals surface area contributed by atoms with Crippen molar-refractivity contribution in [3.05, 3.63) is 83.6 Å². The third-order valence-corrected chi connectivity index (χ3v) is 5.57. The van der Waals surface area contributed by atoms with Gasteiger partial charge in [-0.2, -0.15) is 0 Å². The Hall–Kier alpha value is -3.60. The first-order valence-electron chi connectivity index (χ1n) is 10.3. The molecule has 31 heavy (non-hydrogen) atoms. The Balaban J connectivity index is 1.92. The maximum absolute atomic E-state index is 13.2. The molecule has 3 aromatic carbocycles. The largest absolute Gasteiger partial charge is 0.503 e. The highest BCUT2D eigenvalue weighted by molar-refractivity contribution is 6.17. The number of aliphatic hydroxyl groups is 1. The molecule has 0 aromatic heterocycles. The molecule has 4 rings (SSSR count). The topological polar surface area (TPSA) is 66.8 Å². The maximum Gasteiger partial charge on any atom is 0.294 e. The minimum absolute atomic E-state index is 0.103. The number of methoxy groups -OCH3 is 1. The zero-order valence-electron chi connectivity index (χ0n) is 17.8. The highest BCUT2D eigenvalue weighted by atomic mass is 16.5. The average molecular weight is 415 g/mol. The van der Waals surface area contributed by atoms with Crippen LogP contribution in [0.15, 0.2) is 78.1 Å². The summed E-state index contributed by atoms with van der Waals surface area (Å²) >= 11 is 0. The predicted molar refractivity (Wildman–Crippen MR) is 121 cm³/mol. The van der Waals surface area contributed by atoms with Gasteiger partial charge in [-0.1, -0.05) is 56.3 Å². The minimum Gasteiger partial charge on any atom is -0.503 e. The summed E-state index contributed by atoms with van der Waals surface area (Å²) in [6.45, 7) is 3.89. The van der Waals surface area contributed by atoms with Crippen LogP contribution in [-0.4, -0.2) is 23.9 Å². The summed E-state index contributed by atoms with van der Waals surface area (Å²) in [5.74, 6) is -0.499. The molecule has 1 amide bonds. The molecule has 3 aromatic rings. The van der Waals surface area contributed by atoms with Crippen molar-refractivity contribution in [3.63, 3.8) is 0 Å². The van der Waals surface area contributed by atoms with E-state index < -0.39 is 17.7 Å². The van der Waals surface area contributed by atoms with Gasteiger partial charge in [-0.25, -0.2) is 0 Å². The van der Waals surface area contributed by atoms with Crippen LogP contribution in [0.5, 0.6) is 5.75 Å². The Bertz CT molecular complexity index is 1170. The predicted octanol–water partition coefficient (Wildman–Crippen LogP) is 5.36. The lowest BCUT2D eigenvalue weighted by Crippen LogP contribution is -2.31. The highest BCUT2D eigenvalue weighted by Crippen LogP contribution is 2.43. The fourth-order valence-electron chi connectivity index (χ4n) is 4.16. The van der Waals surface area contributed by atoms with E-state index in [2.05, 4.69) is 0 Å². The normalized spacial score (nSPS) is 16.5. The monoisotopic (exact) mass is 415 g/mol. The molecular weight excluding hydrogens is 390 g/mol. The summed E-state index contributed by atoms with van der Waals surface area (Å²) in [7, 11) is 1.57. The van der Waals surface area contributed by atoms with E-state index in [0.29, 0.717) is 11.4 Å². The number of fused-ring (bicyclic) bond motifs is 1. The van der Waals surface area contributed by atoms with Gasteiger partial charge in [0.05, 0.1) is 18.7 Å². The van der Waals surface area contributed by atoms with E-state index in [-0.39, 0.29) is 23.7 Å². The van der Waals surface area contributed by atoms with Crippen LogP contribution in [0.25, 0.3) is 10.8 Å². The number of benzene rings is 3. The average Bonchev–Trinajstić information content (AvgIpc) is 3.03. The van der Waals surface area contributed by atoms with Crippen molar-refractivity contribution < 1.29 is 19.4 Å². The van der Waals surface area contributed by atoms with Crippen molar-refractivity contribution in [2.24, 2.45) is 5.92 Å². The van der Waals surface area contributed by atoms with Crippen LogP contribution in [-0.2, 0) is 9.59 Å². The Labute approximate surface area is 181 Å². The van der Waals surface area contributed by atoms with Crippen LogP contribution in [0.1, 0.15) is 31.9 Å². The number of hydrogen-bond acceptors (Lipinski definition) is 4. The van der Waals surface area contributed by atoms with Gasteiger partial charge in [-0.3, -0.25) is 14.5 Å². The Morgan fingerprint density at radius 2 is 1.71 bits per heavy atom. The molecule has 0 fully saturated rings. The number of Topliss-reactive ketones (excluding diaryl/α,β-unsaturated/α-hetero) is 1. The molecule has 5 heteroatoms. The lowest BCUT2D eigenvalue weighted by molar-refractivity contribution is -0.118. The molecule has 0 radical (unpaired) electrons. The molecule has 0 saturated carbocycles. The van der Waals surface area contributed by atoms with Gasteiger partial charge < -0.3 is 9.84 Å². The molecule has 158 valence electrons. The lowest BCUT2D eigenvalue weighted by atomic mass is 9.89. The summed E-state index contributed by atoms with van der Waals surface area (Å²) in [6, 6.07) is 20.0.